The maximum Gasteiger partial charge on any atom is 0.165 e. The summed E-state index contributed by atoms with van der Waals surface area (Å²) < 4.78 is 1.96. The molecule has 0 aromatic heterocycles. The van der Waals surface area contributed by atoms with Crippen LogP contribution in [0.1, 0.15) is 36.4 Å². The number of hydrogen-bond donors (Lipinski definition) is 1. The maximum absolute atomic E-state index is 11.0. The molecule has 198 valence electrons. The number of nitrogens with zero attached hydrogens (tertiary/aromatic N) is 7. The van der Waals surface area contributed by atoms with Crippen LogP contribution in [0, 0.1) is 0 Å². The average molecular weight is 512 g/mol. The van der Waals surface area contributed by atoms with Gasteiger partial charge in [0.25, 0.3) is 0 Å². The second-order valence-electron chi connectivity index (χ2n) is 10.5. The molecule has 0 spiro atoms. The summed E-state index contributed by atoms with van der Waals surface area (Å²) in [6.45, 7) is 6.89. The zero-order valence-electron chi connectivity index (χ0n) is 21.9. The highest BCUT2D eigenvalue weighted by Crippen LogP contribution is 2.31. The van der Waals surface area contributed by atoms with Gasteiger partial charge in [0, 0.05) is 45.8 Å². The Hall–Kier alpha value is -3.33. The Morgan fingerprint density at radius 1 is 0.711 bits per heavy atom. The molecule has 4 aliphatic heterocycles. The molecule has 0 radical (unpaired) electrons. The van der Waals surface area contributed by atoms with Gasteiger partial charge in [0.15, 0.2) is 17.3 Å². The second kappa shape index (κ2) is 11.6. The summed E-state index contributed by atoms with van der Waals surface area (Å²) in [5, 5.41) is 11.0. The van der Waals surface area contributed by atoms with Crippen molar-refractivity contribution in [1.29, 1.82) is 0 Å². The molecule has 2 aromatic carbocycles. The Kier molecular flexibility index (Phi) is 7.62. The number of rotatable bonds is 8. The summed E-state index contributed by atoms with van der Waals surface area (Å²) in [7, 11) is 0. The van der Waals surface area contributed by atoms with Crippen molar-refractivity contribution in [3.8, 4) is 11.5 Å². The van der Waals surface area contributed by atoms with E-state index in [1.54, 1.807) is 6.33 Å². The van der Waals surface area contributed by atoms with Crippen LogP contribution in [0.15, 0.2) is 73.3 Å². The van der Waals surface area contributed by atoms with Crippen molar-refractivity contribution >= 4 is 5.82 Å². The van der Waals surface area contributed by atoms with Crippen molar-refractivity contribution in [2.75, 3.05) is 50.7 Å². The first-order valence-corrected chi connectivity index (χ1v) is 13.9. The fourth-order valence-corrected chi connectivity index (χ4v) is 6.01. The van der Waals surface area contributed by atoms with Crippen molar-refractivity contribution in [3.63, 3.8) is 0 Å². The molecule has 6 rings (SSSR count). The van der Waals surface area contributed by atoms with Crippen molar-refractivity contribution in [2.45, 2.75) is 38.0 Å². The standard InChI is InChI=1S/C30H37N7O/c38-26(21-37-23-33-30(27-29(37)32-22-31-27)36-14-8-3-9-15-36)20-34-16-18-35(19-17-34)28(24-10-4-1-5-11-24)25-12-6-2-7-13-25/h1-2,4-7,10-13,22-23,26,28,38H,3,8-9,14-21H2. The molecule has 0 bridgehead atoms. The van der Waals surface area contributed by atoms with E-state index in [-0.39, 0.29) is 6.04 Å². The summed E-state index contributed by atoms with van der Waals surface area (Å²) >= 11 is 0. The van der Waals surface area contributed by atoms with Crippen LogP contribution in [-0.2, 0) is 6.54 Å². The first-order chi connectivity index (χ1) is 18.8. The predicted octanol–water partition coefficient (Wildman–Crippen LogP) is 3.54. The first kappa shape index (κ1) is 25.0. The second-order valence-corrected chi connectivity index (χ2v) is 10.5. The zero-order valence-corrected chi connectivity index (χ0v) is 21.9. The summed E-state index contributed by atoms with van der Waals surface area (Å²) in [5.41, 5.74) is 3.48. The lowest BCUT2D eigenvalue weighted by atomic mass is 9.96. The minimum atomic E-state index is -0.506. The molecule has 4 heterocycles. The number of hydrogen-bond acceptors (Lipinski definition) is 7. The molecule has 4 aliphatic rings. The summed E-state index contributed by atoms with van der Waals surface area (Å²) in [6.07, 6.45) is 6.59. The normalized spacial score (nSPS) is 18.3. The van der Waals surface area contributed by atoms with Gasteiger partial charge >= 0.3 is 0 Å². The van der Waals surface area contributed by atoms with Gasteiger partial charge in [0.05, 0.1) is 25.0 Å². The van der Waals surface area contributed by atoms with Crippen molar-refractivity contribution < 1.29 is 5.11 Å². The van der Waals surface area contributed by atoms with Gasteiger partial charge in [-0.05, 0) is 30.4 Å². The third kappa shape index (κ3) is 5.43. The van der Waals surface area contributed by atoms with Crippen LogP contribution in [0.3, 0.4) is 0 Å². The highest BCUT2D eigenvalue weighted by Gasteiger charge is 2.28. The molecule has 0 saturated carbocycles. The number of piperidine rings is 1. The monoisotopic (exact) mass is 511 g/mol. The van der Waals surface area contributed by atoms with Gasteiger partial charge in [-0.25, -0.2) is 15.0 Å². The number of fused-ring (bicyclic) bond motifs is 1. The maximum atomic E-state index is 11.0. The molecular formula is C30H37N7O. The Morgan fingerprint density at radius 3 is 2.03 bits per heavy atom. The third-order valence-electron chi connectivity index (χ3n) is 7.92. The number of aliphatic hydroxyl groups is 1. The molecule has 1 atom stereocenters. The van der Waals surface area contributed by atoms with Crippen LogP contribution in [0.5, 0.6) is 0 Å². The van der Waals surface area contributed by atoms with Gasteiger partial charge in [-0.15, -0.1) is 0 Å². The smallest absolute Gasteiger partial charge is 0.165 e. The largest absolute Gasteiger partial charge is 0.390 e. The van der Waals surface area contributed by atoms with Gasteiger partial charge in [-0.1, -0.05) is 60.7 Å². The fraction of sp³-hybridized carbons (Fsp3) is 0.433. The Morgan fingerprint density at radius 2 is 1.37 bits per heavy atom. The lowest BCUT2D eigenvalue weighted by Crippen LogP contribution is -2.50. The van der Waals surface area contributed by atoms with Crippen LogP contribution in [0.4, 0.5) is 5.82 Å². The Balaban J connectivity index is 1.08. The molecule has 2 fully saturated rings. The SMILES string of the molecule is OC(CN1CCN(C(c2ccccc2)c2ccccc2)CC1)Cn1cnc(N2CCCCC2)c2ncnc1-2. The molecule has 0 amide bonds. The van der Waals surface area contributed by atoms with Crippen LogP contribution in [-0.4, -0.2) is 86.3 Å². The van der Waals surface area contributed by atoms with Crippen LogP contribution in [0.2, 0.25) is 0 Å². The summed E-state index contributed by atoms with van der Waals surface area (Å²) in [4.78, 5) is 21.0. The van der Waals surface area contributed by atoms with Gasteiger partial charge in [0.2, 0.25) is 0 Å². The minimum absolute atomic E-state index is 0.244. The van der Waals surface area contributed by atoms with Crippen molar-refractivity contribution in [3.05, 3.63) is 84.4 Å². The molecule has 1 N–H and O–H groups in total. The number of piperazine rings is 1. The van der Waals surface area contributed by atoms with Gasteiger partial charge in [-0.2, -0.15) is 0 Å². The van der Waals surface area contributed by atoms with E-state index in [0.717, 1.165) is 56.6 Å². The Bertz CT molecular complexity index is 1210. The number of benzene rings is 2. The summed E-state index contributed by atoms with van der Waals surface area (Å²) in [6, 6.07) is 21.8. The highest BCUT2D eigenvalue weighted by molar-refractivity contribution is 5.68. The fourth-order valence-electron chi connectivity index (χ4n) is 6.01. The molecule has 8 nitrogen and oxygen atoms in total. The number of aliphatic hydroxyl groups excluding tert-OH is 1. The zero-order chi connectivity index (χ0) is 25.7. The van der Waals surface area contributed by atoms with E-state index in [1.165, 1.54) is 30.4 Å². The van der Waals surface area contributed by atoms with E-state index in [1.807, 2.05) is 10.9 Å². The number of aromatic nitrogens is 4. The van der Waals surface area contributed by atoms with Gasteiger partial charge in [0.1, 0.15) is 6.33 Å². The van der Waals surface area contributed by atoms with Crippen LogP contribution in [0.25, 0.3) is 11.5 Å². The predicted molar refractivity (Wildman–Crippen MR) is 149 cm³/mol. The quantitative estimate of drug-likeness (QED) is 0.388. The summed E-state index contributed by atoms with van der Waals surface area (Å²) in [5.74, 6) is 1.73. The van der Waals surface area contributed by atoms with E-state index in [2.05, 4.69) is 85.3 Å². The van der Waals surface area contributed by atoms with E-state index < -0.39 is 6.10 Å². The molecular weight excluding hydrogens is 474 g/mol. The molecule has 0 aliphatic carbocycles. The molecule has 38 heavy (non-hydrogen) atoms. The molecule has 1 unspecified atom stereocenters. The van der Waals surface area contributed by atoms with Crippen molar-refractivity contribution in [1.82, 2.24) is 29.3 Å². The highest BCUT2D eigenvalue weighted by atomic mass is 16.3. The molecule has 2 aromatic rings. The average Bonchev–Trinajstić information content (AvgIpc) is 3.47. The first-order valence-electron chi connectivity index (χ1n) is 13.9. The van der Waals surface area contributed by atoms with E-state index in [4.69, 9.17) is 4.98 Å². The molecule has 2 saturated heterocycles. The number of imidazole rings is 1. The van der Waals surface area contributed by atoms with Crippen LogP contribution < -0.4 is 4.90 Å². The lowest BCUT2D eigenvalue weighted by Gasteiger charge is -2.40. The van der Waals surface area contributed by atoms with E-state index in [9.17, 15) is 5.11 Å². The van der Waals surface area contributed by atoms with Gasteiger partial charge in [-0.3, -0.25) is 9.80 Å². The number of β-amino-alcohol motifs (C(OH)–C–C–N with tert-alkyl or cyclic N) is 1. The third-order valence-corrected chi connectivity index (χ3v) is 7.92. The topological polar surface area (TPSA) is 73.6 Å². The van der Waals surface area contributed by atoms with Gasteiger partial charge < -0.3 is 14.6 Å². The Labute approximate surface area is 224 Å². The van der Waals surface area contributed by atoms with E-state index in [0.29, 0.717) is 13.1 Å². The minimum Gasteiger partial charge on any atom is -0.390 e. The lowest BCUT2D eigenvalue weighted by molar-refractivity contribution is 0.0555. The van der Waals surface area contributed by atoms with Crippen LogP contribution >= 0.6 is 0 Å². The van der Waals surface area contributed by atoms with E-state index >= 15 is 0 Å². The number of anilines is 1. The molecule has 8 heteroatoms. The van der Waals surface area contributed by atoms with Crippen molar-refractivity contribution in [2.24, 2.45) is 0 Å².